The van der Waals surface area contributed by atoms with Gasteiger partial charge in [0.15, 0.2) is 11.5 Å². The molecule has 8 heteroatoms. The number of benzene rings is 1. The SMILES string of the molecule is COc1cc(CNC(=O)C(C)NC(=O)c2cccs2)ccc1OCc1ccncc1. The van der Waals surface area contributed by atoms with E-state index in [9.17, 15) is 9.59 Å². The number of hydrogen-bond acceptors (Lipinski definition) is 6. The lowest BCUT2D eigenvalue weighted by Gasteiger charge is -2.15. The van der Waals surface area contributed by atoms with Crippen LogP contribution in [0.1, 0.15) is 27.7 Å². The quantitative estimate of drug-likeness (QED) is 0.550. The van der Waals surface area contributed by atoms with Gasteiger partial charge in [0, 0.05) is 18.9 Å². The summed E-state index contributed by atoms with van der Waals surface area (Å²) in [6, 6.07) is 12.1. The van der Waals surface area contributed by atoms with Gasteiger partial charge in [0.2, 0.25) is 5.91 Å². The maximum atomic E-state index is 12.3. The molecule has 0 bridgehead atoms. The Balaban J connectivity index is 1.53. The number of rotatable bonds is 9. The number of amides is 2. The Bertz CT molecular complexity index is 977. The van der Waals surface area contributed by atoms with E-state index in [1.165, 1.54) is 11.3 Å². The van der Waals surface area contributed by atoms with Crippen LogP contribution in [0.3, 0.4) is 0 Å². The number of thiophene rings is 1. The molecule has 0 radical (unpaired) electrons. The molecule has 3 rings (SSSR count). The zero-order chi connectivity index (χ0) is 21.3. The molecular formula is C22H23N3O4S. The molecule has 0 aliphatic heterocycles. The number of carbonyl (C=O) groups is 2. The number of nitrogens with zero attached hydrogens (tertiary/aromatic N) is 1. The summed E-state index contributed by atoms with van der Waals surface area (Å²) in [6.45, 7) is 2.35. The summed E-state index contributed by atoms with van der Waals surface area (Å²) in [5.41, 5.74) is 1.86. The van der Waals surface area contributed by atoms with Crippen molar-refractivity contribution >= 4 is 23.2 Å². The highest BCUT2D eigenvalue weighted by atomic mass is 32.1. The molecule has 1 atom stereocenters. The molecule has 1 unspecified atom stereocenters. The van der Waals surface area contributed by atoms with E-state index in [-0.39, 0.29) is 11.8 Å². The molecule has 2 N–H and O–H groups in total. The predicted octanol–water partition coefficient (Wildman–Crippen LogP) is 3.17. The minimum atomic E-state index is -0.649. The Morgan fingerprint density at radius 3 is 2.60 bits per heavy atom. The first-order valence-electron chi connectivity index (χ1n) is 9.37. The van der Waals surface area contributed by atoms with E-state index in [1.807, 2.05) is 35.7 Å². The summed E-state index contributed by atoms with van der Waals surface area (Å²) in [4.78, 5) is 28.9. The maximum absolute atomic E-state index is 12.3. The summed E-state index contributed by atoms with van der Waals surface area (Å²) in [6.07, 6.45) is 3.43. The standard InChI is InChI=1S/C22H23N3O4S/c1-15(25-22(27)20-4-3-11-30-20)21(26)24-13-17-5-6-18(19(12-17)28-2)29-14-16-7-9-23-10-8-16/h3-12,15H,13-14H2,1-2H3,(H,24,26)(H,25,27). The van der Waals surface area contributed by atoms with Crippen molar-refractivity contribution < 1.29 is 19.1 Å². The van der Waals surface area contributed by atoms with Gasteiger partial charge in [-0.15, -0.1) is 11.3 Å². The van der Waals surface area contributed by atoms with Crippen LogP contribution in [-0.4, -0.2) is 29.9 Å². The van der Waals surface area contributed by atoms with Crippen molar-refractivity contribution in [3.63, 3.8) is 0 Å². The molecule has 1 aromatic carbocycles. The fourth-order valence-electron chi connectivity index (χ4n) is 2.66. The predicted molar refractivity (Wildman–Crippen MR) is 115 cm³/mol. The van der Waals surface area contributed by atoms with Crippen molar-refractivity contribution in [1.82, 2.24) is 15.6 Å². The molecule has 3 aromatic rings. The Labute approximate surface area is 179 Å². The molecule has 2 amide bonds. The van der Waals surface area contributed by atoms with Gasteiger partial charge in [-0.25, -0.2) is 0 Å². The van der Waals surface area contributed by atoms with Crippen LogP contribution in [0.25, 0.3) is 0 Å². The van der Waals surface area contributed by atoms with Gasteiger partial charge in [-0.1, -0.05) is 12.1 Å². The number of pyridine rings is 1. The molecule has 0 aliphatic rings. The highest BCUT2D eigenvalue weighted by Gasteiger charge is 2.17. The van der Waals surface area contributed by atoms with E-state index < -0.39 is 6.04 Å². The second-order valence-electron chi connectivity index (χ2n) is 6.52. The smallest absolute Gasteiger partial charge is 0.261 e. The summed E-state index contributed by atoms with van der Waals surface area (Å²) in [5.74, 6) is 0.665. The maximum Gasteiger partial charge on any atom is 0.261 e. The second kappa shape index (κ2) is 10.4. The number of ether oxygens (including phenoxy) is 2. The zero-order valence-corrected chi connectivity index (χ0v) is 17.6. The summed E-state index contributed by atoms with van der Waals surface area (Å²) in [7, 11) is 1.57. The average Bonchev–Trinajstić information content (AvgIpc) is 3.32. The van der Waals surface area contributed by atoms with Gasteiger partial charge in [-0.3, -0.25) is 14.6 Å². The van der Waals surface area contributed by atoms with E-state index in [1.54, 1.807) is 38.6 Å². The number of nitrogens with one attached hydrogen (secondary N) is 2. The average molecular weight is 426 g/mol. The van der Waals surface area contributed by atoms with E-state index in [4.69, 9.17) is 9.47 Å². The molecule has 0 fully saturated rings. The monoisotopic (exact) mass is 425 g/mol. The Hall–Kier alpha value is -3.39. The van der Waals surface area contributed by atoms with Crippen molar-refractivity contribution in [3.05, 3.63) is 76.2 Å². The molecule has 30 heavy (non-hydrogen) atoms. The van der Waals surface area contributed by atoms with Crippen molar-refractivity contribution in [2.45, 2.75) is 26.1 Å². The largest absolute Gasteiger partial charge is 0.493 e. The highest BCUT2D eigenvalue weighted by Crippen LogP contribution is 2.28. The van der Waals surface area contributed by atoms with Crippen molar-refractivity contribution in [2.75, 3.05) is 7.11 Å². The van der Waals surface area contributed by atoms with E-state index in [0.29, 0.717) is 29.5 Å². The highest BCUT2D eigenvalue weighted by molar-refractivity contribution is 7.12. The number of methoxy groups -OCH3 is 1. The lowest BCUT2D eigenvalue weighted by Crippen LogP contribution is -2.44. The van der Waals surface area contributed by atoms with Crippen molar-refractivity contribution in [2.24, 2.45) is 0 Å². The Kier molecular flexibility index (Phi) is 7.40. The van der Waals surface area contributed by atoms with Gasteiger partial charge in [0.05, 0.1) is 12.0 Å². The number of hydrogen-bond donors (Lipinski definition) is 2. The van der Waals surface area contributed by atoms with Crippen LogP contribution in [0.5, 0.6) is 11.5 Å². The lowest BCUT2D eigenvalue weighted by atomic mass is 10.2. The molecular weight excluding hydrogens is 402 g/mol. The van der Waals surface area contributed by atoms with Crippen LogP contribution in [0.15, 0.2) is 60.2 Å². The van der Waals surface area contributed by atoms with Crippen LogP contribution in [0.2, 0.25) is 0 Å². The van der Waals surface area contributed by atoms with Crippen LogP contribution in [-0.2, 0) is 17.9 Å². The van der Waals surface area contributed by atoms with Crippen LogP contribution < -0.4 is 20.1 Å². The first kappa shape index (κ1) is 21.3. The lowest BCUT2D eigenvalue weighted by molar-refractivity contribution is -0.122. The molecule has 0 saturated heterocycles. The molecule has 7 nitrogen and oxygen atoms in total. The minimum Gasteiger partial charge on any atom is -0.493 e. The first-order chi connectivity index (χ1) is 14.6. The summed E-state index contributed by atoms with van der Waals surface area (Å²) in [5, 5.41) is 7.33. The minimum absolute atomic E-state index is 0.259. The zero-order valence-electron chi connectivity index (χ0n) is 16.8. The topological polar surface area (TPSA) is 89.6 Å². The molecule has 0 saturated carbocycles. The van der Waals surface area contributed by atoms with Crippen LogP contribution >= 0.6 is 11.3 Å². The van der Waals surface area contributed by atoms with E-state index >= 15 is 0 Å². The molecule has 2 aromatic heterocycles. The third-order valence-electron chi connectivity index (χ3n) is 4.32. The normalized spacial score (nSPS) is 11.4. The number of aromatic nitrogens is 1. The van der Waals surface area contributed by atoms with Crippen LogP contribution in [0, 0.1) is 0 Å². The van der Waals surface area contributed by atoms with Gasteiger partial charge >= 0.3 is 0 Å². The molecule has 156 valence electrons. The van der Waals surface area contributed by atoms with E-state index in [0.717, 1.165) is 11.1 Å². The Morgan fingerprint density at radius 2 is 1.90 bits per heavy atom. The fourth-order valence-corrected chi connectivity index (χ4v) is 3.29. The van der Waals surface area contributed by atoms with Gasteiger partial charge in [0.1, 0.15) is 12.6 Å². The summed E-state index contributed by atoms with van der Waals surface area (Å²) >= 11 is 1.33. The van der Waals surface area contributed by atoms with Gasteiger partial charge in [-0.2, -0.15) is 0 Å². The molecule has 0 spiro atoms. The van der Waals surface area contributed by atoms with Gasteiger partial charge in [0.25, 0.3) is 5.91 Å². The van der Waals surface area contributed by atoms with Gasteiger partial charge in [-0.05, 0) is 53.8 Å². The van der Waals surface area contributed by atoms with E-state index in [2.05, 4.69) is 15.6 Å². The van der Waals surface area contributed by atoms with Gasteiger partial charge < -0.3 is 20.1 Å². The number of carbonyl (C=O) groups excluding carboxylic acids is 2. The van der Waals surface area contributed by atoms with Crippen LogP contribution in [0.4, 0.5) is 0 Å². The Morgan fingerprint density at radius 1 is 1.10 bits per heavy atom. The molecule has 0 aliphatic carbocycles. The molecule has 2 heterocycles. The third kappa shape index (κ3) is 5.81. The van der Waals surface area contributed by atoms with Crippen molar-refractivity contribution in [3.8, 4) is 11.5 Å². The first-order valence-corrected chi connectivity index (χ1v) is 10.3. The fraction of sp³-hybridized carbons (Fsp3) is 0.227. The third-order valence-corrected chi connectivity index (χ3v) is 5.19. The van der Waals surface area contributed by atoms with Crippen molar-refractivity contribution in [1.29, 1.82) is 0 Å². The second-order valence-corrected chi connectivity index (χ2v) is 7.47. The summed E-state index contributed by atoms with van der Waals surface area (Å²) < 4.78 is 11.2.